The van der Waals surface area contributed by atoms with Crippen LogP contribution >= 0.6 is 11.6 Å². The second kappa shape index (κ2) is 7.85. The van der Waals surface area contributed by atoms with E-state index in [1.54, 1.807) is 29.2 Å². The van der Waals surface area contributed by atoms with Gasteiger partial charge in [0.25, 0.3) is 5.91 Å². The molecule has 0 aliphatic carbocycles. The molecule has 5 heteroatoms. The van der Waals surface area contributed by atoms with Crippen molar-refractivity contribution in [2.75, 3.05) is 33.2 Å². The van der Waals surface area contributed by atoms with E-state index >= 15 is 0 Å². The van der Waals surface area contributed by atoms with Crippen molar-refractivity contribution in [3.05, 3.63) is 34.9 Å². The number of aliphatic hydroxyl groups is 1. The minimum absolute atomic E-state index is 0.218. The van der Waals surface area contributed by atoms with Crippen molar-refractivity contribution >= 4 is 17.5 Å². The summed E-state index contributed by atoms with van der Waals surface area (Å²) in [4.78, 5) is 16.8. The maximum atomic E-state index is 12.6. The van der Waals surface area contributed by atoms with Crippen molar-refractivity contribution in [1.29, 1.82) is 0 Å². The third-order valence-corrected chi connectivity index (χ3v) is 6.06. The van der Waals surface area contributed by atoms with Gasteiger partial charge >= 0.3 is 0 Å². The number of hydrogen-bond acceptors (Lipinski definition) is 3. The highest BCUT2D eigenvalue weighted by Crippen LogP contribution is 2.33. The smallest absolute Gasteiger partial charge is 0.256 e. The van der Waals surface area contributed by atoms with E-state index in [4.69, 9.17) is 11.6 Å². The standard InChI is InChI=1S/C19H27ClN2O2/c1-21-10-6-14(7-11-21)15-8-12-22(13-9-15)19(24)18(23)16-4-2-3-5-17(16)20/h2-5,14-15,18,23H,6-13H2,1H3. The van der Waals surface area contributed by atoms with Gasteiger partial charge in [-0.2, -0.15) is 0 Å². The fraction of sp³-hybridized carbons (Fsp3) is 0.632. The van der Waals surface area contributed by atoms with E-state index in [1.165, 1.54) is 25.9 Å². The quantitative estimate of drug-likeness (QED) is 0.911. The van der Waals surface area contributed by atoms with Crippen molar-refractivity contribution in [3.8, 4) is 0 Å². The molecule has 3 rings (SSSR count). The summed E-state index contributed by atoms with van der Waals surface area (Å²) in [6.07, 6.45) is 3.50. The van der Waals surface area contributed by atoms with E-state index in [-0.39, 0.29) is 5.91 Å². The first kappa shape index (κ1) is 17.7. The molecule has 2 fully saturated rings. The Morgan fingerprint density at radius 3 is 2.21 bits per heavy atom. The van der Waals surface area contributed by atoms with Crippen molar-refractivity contribution in [3.63, 3.8) is 0 Å². The zero-order valence-electron chi connectivity index (χ0n) is 14.3. The van der Waals surface area contributed by atoms with E-state index in [9.17, 15) is 9.90 Å². The lowest BCUT2D eigenvalue weighted by atomic mass is 9.79. The lowest BCUT2D eigenvalue weighted by Crippen LogP contribution is -2.43. The molecule has 24 heavy (non-hydrogen) atoms. The molecule has 2 saturated heterocycles. The Morgan fingerprint density at radius 2 is 1.62 bits per heavy atom. The van der Waals surface area contributed by atoms with Crippen LogP contribution in [0.15, 0.2) is 24.3 Å². The molecule has 2 aliphatic rings. The van der Waals surface area contributed by atoms with Gasteiger partial charge in [-0.15, -0.1) is 0 Å². The number of likely N-dealkylation sites (tertiary alicyclic amines) is 2. The van der Waals surface area contributed by atoms with Crippen LogP contribution in [-0.2, 0) is 4.79 Å². The zero-order valence-corrected chi connectivity index (χ0v) is 15.1. The largest absolute Gasteiger partial charge is 0.378 e. The zero-order chi connectivity index (χ0) is 17.1. The van der Waals surface area contributed by atoms with Crippen LogP contribution in [0.25, 0.3) is 0 Å². The summed E-state index contributed by atoms with van der Waals surface area (Å²) in [6.45, 7) is 3.87. The van der Waals surface area contributed by atoms with Gasteiger partial charge in [-0.1, -0.05) is 29.8 Å². The summed E-state index contributed by atoms with van der Waals surface area (Å²) >= 11 is 6.10. The number of piperidine rings is 2. The SMILES string of the molecule is CN1CCC(C2CCN(C(=O)C(O)c3ccccc3Cl)CC2)CC1. The lowest BCUT2D eigenvalue weighted by molar-refractivity contribution is -0.142. The Morgan fingerprint density at radius 1 is 1.08 bits per heavy atom. The molecule has 1 N–H and O–H groups in total. The van der Waals surface area contributed by atoms with Crippen LogP contribution < -0.4 is 0 Å². The maximum absolute atomic E-state index is 12.6. The van der Waals surface area contributed by atoms with Crippen LogP contribution in [-0.4, -0.2) is 54.0 Å². The number of rotatable bonds is 3. The number of carbonyl (C=O) groups excluding carboxylic acids is 1. The average Bonchev–Trinajstić information content (AvgIpc) is 2.62. The minimum Gasteiger partial charge on any atom is -0.378 e. The van der Waals surface area contributed by atoms with Gasteiger partial charge in [-0.25, -0.2) is 0 Å². The fourth-order valence-corrected chi connectivity index (χ4v) is 4.33. The molecular weight excluding hydrogens is 324 g/mol. The van der Waals surface area contributed by atoms with Crippen LogP contribution in [0.2, 0.25) is 5.02 Å². The lowest BCUT2D eigenvalue weighted by Gasteiger charge is -2.39. The first-order valence-electron chi connectivity index (χ1n) is 8.96. The molecule has 0 bridgehead atoms. The first-order valence-corrected chi connectivity index (χ1v) is 9.34. The van der Waals surface area contributed by atoms with Gasteiger partial charge in [0.15, 0.2) is 6.10 Å². The van der Waals surface area contributed by atoms with E-state index in [1.807, 2.05) is 0 Å². The number of nitrogens with zero attached hydrogens (tertiary/aromatic N) is 2. The molecule has 2 heterocycles. The van der Waals surface area contributed by atoms with Gasteiger partial charge in [0, 0.05) is 23.7 Å². The van der Waals surface area contributed by atoms with Gasteiger partial charge in [0.05, 0.1) is 0 Å². The van der Waals surface area contributed by atoms with E-state index < -0.39 is 6.10 Å². The highest BCUT2D eigenvalue weighted by Gasteiger charge is 2.32. The van der Waals surface area contributed by atoms with E-state index in [2.05, 4.69) is 11.9 Å². The van der Waals surface area contributed by atoms with Gasteiger partial charge in [-0.05, 0) is 63.7 Å². The van der Waals surface area contributed by atoms with Gasteiger partial charge < -0.3 is 14.9 Å². The van der Waals surface area contributed by atoms with Crippen LogP contribution in [0.5, 0.6) is 0 Å². The van der Waals surface area contributed by atoms with Crippen molar-refractivity contribution in [1.82, 2.24) is 9.80 Å². The van der Waals surface area contributed by atoms with Gasteiger partial charge in [0.1, 0.15) is 0 Å². The number of amides is 1. The molecule has 1 aromatic carbocycles. The molecule has 0 spiro atoms. The van der Waals surface area contributed by atoms with Crippen LogP contribution in [0, 0.1) is 11.8 Å². The minimum atomic E-state index is -1.15. The number of halogens is 1. The Bertz CT molecular complexity index is 564. The predicted molar refractivity (Wildman–Crippen MR) is 95.9 cm³/mol. The van der Waals surface area contributed by atoms with Gasteiger partial charge in [0.2, 0.25) is 0 Å². The number of carbonyl (C=O) groups is 1. The molecule has 0 saturated carbocycles. The molecule has 4 nitrogen and oxygen atoms in total. The Kier molecular flexibility index (Phi) is 5.80. The second-order valence-electron chi connectivity index (χ2n) is 7.23. The molecule has 0 radical (unpaired) electrons. The Balaban J connectivity index is 1.54. The van der Waals surface area contributed by atoms with Crippen LogP contribution in [0.1, 0.15) is 37.4 Å². The molecule has 2 aliphatic heterocycles. The maximum Gasteiger partial charge on any atom is 0.256 e. The van der Waals surface area contributed by atoms with Crippen molar-refractivity contribution in [2.45, 2.75) is 31.8 Å². The Labute approximate surface area is 149 Å². The molecule has 1 unspecified atom stereocenters. The summed E-state index contributed by atoms with van der Waals surface area (Å²) < 4.78 is 0. The molecular formula is C19H27ClN2O2. The number of hydrogen-bond donors (Lipinski definition) is 1. The summed E-state index contributed by atoms with van der Waals surface area (Å²) in [5.41, 5.74) is 0.501. The third-order valence-electron chi connectivity index (χ3n) is 5.71. The summed E-state index contributed by atoms with van der Waals surface area (Å²) in [5.74, 6) is 1.30. The van der Waals surface area contributed by atoms with E-state index in [0.29, 0.717) is 10.6 Å². The first-order chi connectivity index (χ1) is 11.6. The van der Waals surface area contributed by atoms with Gasteiger partial charge in [-0.3, -0.25) is 4.79 Å². The van der Waals surface area contributed by atoms with Crippen molar-refractivity contribution < 1.29 is 9.90 Å². The Hall–Kier alpha value is -1.10. The topological polar surface area (TPSA) is 43.8 Å². The molecule has 132 valence electrons. The average molecular weight is 351 g/mol. The normalized spacial score (nSPS) is 22.5. The molecule has 0 aromatic heterocycles. The molecule has 1 aromatic rings. The van der Waals surface area contributed by atoms with Crippen LogP contribution in [0.3, 0.4) is 0 Å². The number of benzene rings is 1. The third kappa shape index (κ3) is 3.93. The predicted octanol–water partition coefficient (Wildman–Crippen LogP) is 2.95. The van der Waals surface area contributed by atoms with Crippen molar-refractivity contribution in [2.24, 2.45) is 11.8 Å². The van der Waals surface area contributed by atoms with Crippen LogP contribution in [0.4, 0.5) is 0 Å². The monoisotopic (exact) mass is 350 g/mol. The van der Waals surface area contributed by atoms with E-state index in [0.717, 1.165) is 37.8 Å². The highest BCUT2D eigenvalue weighted by molar-refractivity contribution is 6.31. The summed E-state index contributed by atoms with van der Waals surface area (Å²) in [7, 11) is 2.19. The summed E-state index contributed by atoms with van der Waals surface area (Å²) in [6, 6.07) is 7.02. The summed E-state index contributed by atoms with van der Waals surface area (Å²) in [5, 5.41) is 10.8. The fourth-order valence-electron chi connectivity index (χ4n) is 4.09. The molecule has 1 atom stereocenters. The second-order valence-corrected chi connectivity index (χ2v) is 7.63. The highest BCUT2D eigenvalue weighted by atomic mass is 35.5. The number of aliphatic hydroxyl groups excluding tert-OH is 1. The molecule has 1 amide bonds.